The smallest absolute Gasteiger partial charge is 0.237 e. The zero-order valence-corrected chi connectivity index (χ0v) is 11.4. The fraction of sp³-hybridized carbons (Fsp3) is 0.929. The van der Waals surface area contributed by atoms with E-state index >= 15 is 0 Å². The van der Waals surface area contributed by atoms with Gasteiger partial charge in [0.1, 0.15) is 0 Å². The molecule has 1 aliphatic rings. The van der Waals surface area contributed by atoms with Crippen LogP contribution in [0.25, 0.3) is 0 Å². The topological polar surface area (TPSA) is 55.1 Å². The molecule has 0 radical (unpaired) electrons. The molecule has 100 valence electrons. The molecule has 1 amide bonds. The van der Waals surface area contributed by atoms with Gasteiger partial charge in [0.25, 0.3) is 0 Å². The Balaban J connectivity index is 1.98. The van der Waals surface area contributed by atoms with E-state index in [-0.39, 0.29) is 17.9 Å². The molecule has 1 aliphatic carbocycles. The van der Waals surface area contributed by atoms with E-state index in [1.807, 2.05) is 13.8 Å². The van der Waals surface area contributed by atoms with Crippen molar-refractivity contribution in [1.29, 1.82) is 0 Å². The highest BCUT2D eigenvalue weighted by Gasteiger charge is 2.16. The molecule has 3 nitrogen and oxygen atoms in total. The summed E-state index contributed by atoms with van der Waals surface area (Å²) < 4.78 is 0. The molecule has 0 aromatic carbocycles. The van der Waals surface area contributed by atoms with Gasteiger partial charge in [0.05, 0.1) is 6.04 Å². The molecule has 0 aliphatic heterocycles. The standard InChI is InChI=1S/C14H28N2O/c1-11(2)13(15)14(17)16-10-6-5-9-12-7-3-4-8-12/h11-13H,3-10,15H2,1-2H3,(H,16,17)/t13-/m0/s1. The molecule has 0 bridgehead atoms. The molecule has 0 aromatic rings. The van der Waals surface area contributed by atoms with Crippen LogP contribution in [0.1, 0.15) is 58.8 Å². The molecule has 1 fully saturated rings. The molecule has 0 unspecified atom stereocenters. The van der Waals surface area contributed by atoms with Crippen molar-refractivity contribution in [2.75, 3.05) is 6.54 Å². The number of carbonyl (C=O) groups excluding carboxylic acids is 1. The van der Waals surface area contributed by atoms with E-state index in [1.165, 1.54) is 38.5 Å². The van der Waals surface area contributed by atoms with Crippen molar-refractivity contribution in [2.24, 2.45) is 17.6 Å². The van der Waals surface area contributed by atoms with Gasteiger partial charge in [0.2, 0.25) is 5.91 Å². The second kappa shape index (κ2) is 7.70. The summed E-state index contributed by atoms with van der Waals surface area (Å²) in [5.74, 6) is 1.18. The van der Waals surface area contributed by atoms with Crippen molar-refractivity contribution in [3.05, 3.63) is 0 Å². The second-order valence-corrected chi connectivity index (χ2v) is 5.71. The summed E-state index contributed by atoms with van der Waals surface area (Å²) in [6.45, 7) is 4.74. The van der Waals surface area contributed by atoms with Crippen molar-refractivity contribution >= 4 is 5.91 Å². The number of amides is 1. The van der Waals surface area contributed by atoms with Gasteiger partial charge in [-0.05, 0) is 18.3 Å². The highest BCUT2D eigenvalue weighted by molar-refractivity contribution is 5.81. The van der Waals surface area contributed by atoms with Crippen LogP contribution in [0, 0.1) is 11.8 Å². The summed E-state index contributed by atoms with van der Waals surface area (Å²) in [6, 6.07) is -0.357. The maximum atomic E-state index is 11.6. The van der Waals surface area contributed by atoms with Crippen molar-refractivity contribution < 1.29 is 4.79 Å². The van der Waals surface area contributed by atoms with E-state index in [0.717, 1.165) is 18.9 Å². The van der Waals surface area contributed by atoms with Crippen LogP contribution in [0.15, 0.2) is 0 Å². The largest absolute Gasteiger partial charge is 0.355 e. The van der Waals surface area contributed by atoms with Crippen LogP contribution in [0.3, 0.4) is 0 Å². The number of hydrogen-bond donors (Lipinski definition) is 2. The highest BCUT2D eigenvalue weighted by Crippen LogP contribution is 2.28. The Bertz CT molecular complexity index is 222. The van der Waals surface area contributed by atoms with Crippen LogP contribution in [0.4, 0.5) is 0 Å². The molecule has 0 heterocycles. The fourth-order valence-electron chi connectivity index (χ4n) is 2.49. The number of nitrogens with one attached hydrogen (secondary N) is 1. The van der Waals surface area contributed by atoms with E-state index in [2.05, 4.69) is 5.32 Å². The van der Waals surface area contributed by atoms with Gasteiger partial charge in [-0.1, -0.05) is 52.4 Å². The number of rotatable bonds is 7. The maximum absolute atomic E-state index is 11.6. The van der Waals surface area contributed by atoms with Gasteiger partial charge in [-0.3, -0.25) is 4.79 Å². The minimum absolute atomic E-state index is 0.000802. The van der Waals surface area contributed by atoms with Gasteiger partial charge in [-0.25, -0.2) is 0 Å². The molecule has 0 aromatic heterocycles. The molecule has 3 heteroatoms. The van der Waals surface area contributed by atoms with E-state index in [0.29, 0.717) is 0 Å². The SMILES string of the molecule is CC(C)[C@H](N)C(=O)NCCCCC1CCCC1. The first-order chi connectivity index (χ1) is 8.11. The summed E-state index contributed by atoms with van der Waals surface area (Å²) in [5.41, 5.74) is 5.76. The van der Waals surface area contributed by atoms with Crippen LogP contribution >= 0.6 is 0 Å². The number of nitrogens with two attached hydrogens (primary N) is 1. The predicted molar refractivity (Wildman–Crippen MR) is 71.6 cm³/mol. The molecular formula is C14H28N2O. The highest BCUT2D eigenvalue weighted by atomic mass is 16.2. The van der Waals surface area contributed by atoms with E-state index < -0.39 is 0 Å². The molecular weight excluding hydrogens is 212 g/mol. The number of hydrogen-bond acceptors (Lipinski definition) is 2. The minimum Gasteiger partial charge on any atom is -0.355 e. The van der Waals surface area contributed by atoms with Crippen molar-refractivity contribution in [1.82, 2.24) is 5.32 Å². The monoisotopic (exact) mass is 240 g/mol. The normalized spacial score (nSPS) is 18.6. The fourth-order valence-corrected chi connectivity index (χ4v) is 2.49. The summed E-state index contributed by atoms with van der Waals surface area (Å²) in [5, 5.41) is 2.93. The van der Waals surface area contributed by atoms with Gasteiger partial charge >= 0.3 is 0 Å². The summed E-state index contributed by atoms with van der Waals surface area (Å²) >= 11 is 0. The molecule has 0 saturated heterocycles. The van der Waals surface area contributed by atoms with Crippen LogP contribution in [-0.4, -0.2) is 18.5 Å². The summed E-state index contributed by atoms with van der Waals surface area (Å²) in [6.07, 6.45) is 9.35. The van der Waals surface area contributed by atoms with Crippen molar-refractivity contribution in [2.45, 2.75) is 64.8 Å². The summed E-state index contributed by atoms with van der Waals surface area (Å²) in [4.78, 5) is 11.6. The lowest BCUT2D eigenvalue weighted by molar-refractivity contribution is -0.123. The Labute approximate surface area is 106 Å². The molecule has 1 rings (SSSR count). The van der Waals surface area contributed by atoms with E-state index in [9.17, 15) is 4.79 Å². The first-order valence-electron chi connectivity index (χ1n) is 7.14. The minimum atomic E-state index is -0.357. The quantitative estimate of drug-likeness (QED) is 0.672. The van der Waals surface area contributed by atoms with E-state index in [4.69, 9.17) is 5.73 Å². The Kier molecular flexibility index (Phi) is 6.56. The third-order valence-electron chi connectivity index (χ3n) is 3.83. The van der Waals surface area contributed by atoms with Gasteiger partial charge in [0.15, 0.2) is 0 Å². The van der Waals surface area contributed by atoms with Crippen molar-refractivity contribution in [3.8, 4) is 0 Å². The van der Waals surface area contributed by atoms with Crippen LogP contribution < -0.4 is 11.1 Å². The number of carbonyl (C=O) groups is 1. The predicted octanol–water partition coefficient (Wildman–Crippen LogP) is 2.45. The molecule has 0 spiro atoms. The number of unbranched alkanes of at least 4 members (excludes halogenated alkanes) is 1. The van der Waals surface area contributed by atoms with Gasteiger partial charge in [0, 0.05) is 6.54 Å². The second-order valence-electron chi connectivity index (χ2n) is 5.71. The Hall–Kier alpha value is -0.570. The lowest BCUT2D eigenvalue weighted by Gasteiger charge is -2.15. The molecule has 1 saturated carbocycles. The Morgan fingerprint density at radius 2 is 1.94 bits per heavy atom. The zero-order valence-electron chi connectivity index (χ0n) is 11.4. The lowest BCUT2D eigenvalue weighted by atomic mass is 10.0. The average Bonchev–Trinajstić information content (AvgIpc) is 2.80. The Morgan fingerprint density at radius 3 is 2.53 bits per heavy atom. The summed E-state index contributed by atoms with van der Waals surface area (Å²) in [7, 11) is 0. The third-order valence-corrected chi connectivity index (χ3v) is 3.83. The van der Waals surface area contributed by atoms with Gasteiger partial charge in [-0.15, -0.1) is 0 Å². The average molecular weight is 240 g/mol. The first kappa shape index (κ1) is 14.5. The Morgan fingerprint density at radius 1 is 1.29 bits per heavy atom. The zero-order chi connectivity index (χ0) is 12.7. The first-order valence-corrected chi connectivity index (χ1v) is 7.14. The van der Waals surface area contributed by atoms with Crippen LogP contribution in [0.2, 0.25) is 0 Å². The lowest BCUT2D eigenvalue weighted by Crippen LogP contribution is -2.44. The van der Waals surface area contributed by atoms with Crippen molar-refractivity contribution in [3.63, 3.8) is 0 Å². The van der Waals surface area contributed by atoms with Gasteiger partial charge < -0.3 is 11.1 Å². The van der Waals surface area contributed by atoms with Gasteiger partial charge in [-0.2, -0.15) is 0 Å². The third kappa shape index (κ3) is 5.53. The molecule has 1 atom stereocenters. The molecule has 3 N–H and O–H groups in total. The van der Waals surface area contributed by atoms with Crippen LogP contribution in [-0.2, 0) is 4.79 Å². The van der Waals surface area contributed by atoms with Crippen LogP contribution in [0.5, 0.6) is 0 Å². The molecule has 17 heavy (non-hydrogen) atoms. The van der Waals surface area contributed by atoms with E-state index in [1.54, 1.807) is 0 Å². The maximum Gasteiger partial charge on any atom is 0.237 e.